The van der Waals surface area contributed by atoms with Crippen LogP contribution in [0.4, 0.5) is 4.79 Å². The number of aliphatic hydroxyl groups excluding tert-OH is 1. The van der Waals surface area contributed by atoms with E-state index in [1.807, 2.05) is 6.07 Å². The van der Waals surface area contributed by atoms with Gasteiger partial charge in [0.1, 0.15) is 0 Å². The summed E-state index contributed by atoms with van der Waals surface area (Å²) in [6, 6.07) is 11.1. The number of likely N-dealkylation sites (tertiary alicyclic amines) is 1. The van der Waals surface area contributed by atoms with Crippen LogP contribution in [0.3, 0.4) is 0 Å². The van der Waals surface area contributed by atoms with Crippen molar-refractivity contribution in [2.24, 2.45) is 5.92 Å². The highest BCUT2D eigenvalue weighted by Crippen LogP contribution is 2.24. The van der Waals surface area contributed by atoms with Gasteiger partial charge in [-0.25, -0.2) is 4.79 Å². The topological polar surface area (TPSA) is 64.6 Å². The average Bonchev–Trinajstić information content (AvgIpc) is 2.62. The monoisotopic (exact) mass is 347 g/mol. The summed E-state index contributed by atoms with van der Waals surface area (Å²) in [7, 11) is 0. The maximum Gasteiger partial charge on any atom is 0.315 e. The Balaban J connectivity index is 1.77. The third-order valence-electron chi connectivity index (χ3n) is 5.26. The molecule has 2 unspecified atom stereocenters. The number of piperidine rings is 1. The van der Waals surface area contributed by atoms with Crippen molar-refractivity contribution in [3.05, 3.63) is 35.9 Å². The first-order valence-corrected chi connectivity index (χ1v) is 9.48. The maximum atomic E-state index is 12.2. The summed E-state index contributed by atoms with van der Waals surface area (Å²) >= 11 is 0. The number of aliphatic hydroxyl groups is 1. The van der Waals surface area contributed by atoms with E-state index in [1.165, 1.54) is 5.56 Å². The lowest BCUT2D eigenvalue weighted by atomic mass is 10.00. The number of carbonyl (C=O) groups excluding carboxylic acids is 1. The van der Waals surface area contributed by atoms with E-state index in [2.05, 4.69) is 60.6 Å². The van der Waals surface area contributed by atoms with E-state index in [0.29, 0.717) is 18.4 Å². The van der Waals surface area contributed by atoms with Crippen molar-refractivity contribution in [1.29, 1.82) is 0 Å². The molecule has 0 saturated carbocycles. The number of hydrogen-bond donors (Lipinski definition) is 3. The van der Waals surface area contributed by atoms with E-state index in [0.717, 1.165) is 25.9 Å². The molecule has 5 heteroatoms. The summed E-state index contributed by atoms with van der Waals surface area (Å²) in [5, 5.41) is 15.2. The van der Waals surface area contributed by atoms with Crippen molar-refractivity contribution in [1.82, 2.24) is 15.5 Å². The van der Waals surface area contributed by atoms with Crippen LogP contribution in [0, 0.1) is 5.92 Å². The number of hydrogen-bond acceptors (Lipinski definition) is 3. The molecule has 1 aliphatic rings. The average molecular weight is 348 g/mol. The van der Waals surface area contributed by atoms with Gasteiger partial charge in [0.2, 0.25) is 0 Å². The zero-order valence-electron chi connectivity index (χ0n) is 15.7. The summed E-state index contributed by atoms with van der Waals surface area (Å²) in [5.41, 5.74) is 1.34. The number of benzene rings is 1. The summed E-state index contributed by atoms with van der Waals surface area (Å²) in [6.07, 6.45) is 2.53. The number of urea groups is 1. The van der Waals surface area contributed by atoms with Gasteiger partial charge in [0, 0.05) is 37.8 Å². The third kappa shape index (κ3) is 6.01. The summed E-state index contributed by atoms with van der Waals surface area (Å²) in [5.74, 6) is 0.312. The molecule has 0 spiro atoms. The van der Waals surface area contributed by atoms with E-state index < -0.39 is 0 Å². The van der Waals surface area contributed by atoms with Crippen molar-refractivity contribution in [2.45, 2.75) is 58.2 Å². The SMILES string of the molecule is CC(C)C(CCO)NC(=O)NC1CCN(C(C)c2ccccc2)CC1. The highest BCUT2D eigenvalue weighted by molar-refractivity contribution is 5.74. The molecule has 0 aliphatic carbocycles. The van der Waals surface area contributed by atoms with E-state index in [4.69, 9.17) is 5.11 Å². The minimum atomic E-state index is -0.110. The molecule has 140 valence electrons. The van der Waals surface area contributed by atoms with Crippen LogP contribution in [0.5, 0.6) is 0 Å². The Bertz CT molecular complexity index is 513. The quantitative estimate of drug-likeness (QED) is 0.710. The van der Waals surface area contributed by atoms with Gasteiger partial charge in [0.05, 0.1) is 0 Å². The molecular formula is C20H33N3O2. The predicted octanol–water partition coefficient (Wildman–Crippen LogP) is 2.92. The number of nitrogens with one attached hydrogen (secondary N) is 2. The van der Waals surface area contributed by atoms with Crippen LogP contribution in [0.2, 0.25) is 0 Å². The van der Waals surface area contributed by atoms with Crippen LogP contribution < -0.4 is 10.6 Å². The molecule has 5 nitrogen and oxygen atoms in total. The lowest BCUT2D eigenvalue weighted by Crippen LogP contribution is -2.51. The number of carbonyl (C=O) groups is 1. The molecule has 1 fully saturated rings. The highest BCUT2D eigenvalue weighted by Gasteiger charge is 2.25. The minimum absolute atomic E-state index is 0.0168. The molecular weight excluding hydrogens is 314 g/mol. The lowest BCUT2D eigenvalue weighted by Gasteiger charge is -2.36. The van der Waals surface area contributed by atoms with Gasteiger partial charge in [-0.05, 0) is 37.7 Å². The van der Waals surface area contributed by atoms with E-state index in [9.17, 15) is 4.79 Å². The van der Waals surface area contributed by atoms with Crippen molar-refractivity contribution in [2.75, 3.05) is 19.7 Å². The molecule has 1 aromatic carbocycles. The van der Waals surface area contributed by atoms with Gasteiger partial charge in [-0.1, -0.05) is 44.2 Å². The first-order chi connectivity index (χ1) is 12.0. The normalized spacial score (nSPS) is 18.8. The molecule has 1 heterocycles. The molecule has 3 N–H and O–H groups in total. The first-order valence-electron chi connectivity index (χ1n) is 9.48. The minimum Gasteiger partial charge on any atom is -0.396 e. The molecule has 0 radical (unpaired) electrons. The van der Waals surface area contributed by atoms with Gasteiger partial charge in [0.15, 0.2) is 0 Å². The van der Waals surface area contributed by atoms with Gasteiger partial charge in [-0.15, -0.1) is 0 Å². The first kappa shape index (κ1) is 19.7. The second-order valence-electron chi connectivity index (χ2n) is 7.38. The second kappa shape index (κ2) is 9.78. The molecule has 0 bridgehead atoms. The van der Waals surface area contributed by atoms with Crippen molar-refractivity contribution in [3.8, 4) is 0 Å². The highest BCUT2D eigenvalue weighted by atomic mass is 16.3. The van der Waals surface area contributed by atoms with E-state index >= 15 is 0 Å². The summed E-state index contributed by atoms with van der Waals surface area (Å²) in [4.78, 5) is 14.7. The Morgan fingerprint density at radius 2 is 1.84 bits per heavy atom. The molecule has 2 rings (SSSR count). The van der Waals surface area contributed by atoms with Crippen LogP contribution in [-0.4, -0.2) is 47.8 Å². The zero-order chi connectivity index (χ0) is 18.2. The Morgan fingerprint density at radius 1 is 1.20 bits per heavy atom. The fourth-order valence-electron chi connectivity index (χ4n) is 3.48. The molecule has 0 aromatic heterocycles. The van der Waals surface area contributed by atoms with Crippen molar-refractivity contribution < 1.29 is 9.90 Å². The largest absolute Gasteiger partial charge is 0.396 e. The molecule has 1 aliphatic heterocycles. The van der Waals surface area contributed by atoms with Crippen LogP contribution in [-0.2, 0) is 0 Å². The Kier molecular flexibility index (Phi) is 7.72. The zero-order valence-corrected chi connectivity index (χ0v) is 15.7. The summed E-state index contributed by atoms with van der Waals surface area (Å²) in [6.45, 7) is 8.45. The fourth-order valence-corrected chi connectivity index (χ4v) is 3.48. The predicted molar refractivity (Wildman–Crippen MR) is 101 cm³/mol. The smallest absolute Gasteiger partial charge is 0.315 e. The van der Waals surface area contributed by atoms with Crippen molar-refractivity contribution >= 4 is 6.03 Å². The van der Waals surface area contributed by atoms with Gasteiger partial charge in [0.25, 0.3) is 0 Å². The Morgan fingerprint density at radius 3 is 2.40 bits per heavy atom. The van der Waals surface area contributed by atoms with Crippen LogP contribution in [0.25, 0.3) is 0 Å². The van der Waals surface area contributed by atoms with Gasteiger partial charge < -0.3 is 15.7 Å². The van der Waals surface area contributed by atoms with Gasteiger partial charge in [-0.3, -0.25) is 4.90 Å². The number of nitrogens with zero attached hydrogens (tertiary/aromatic N) is 1. The van der Waals surface area contributed by atoms with Crippen LogP contribution >= 0.6 is 0 Å². The number of amides is 2. The lowest BCUT2D eigenvalue weighted by molar-refractivity contribution is 0.151. The van der Waals surface area contributed by atoms with E-state index in [1.54, 1.807) is 0 Å². The molecule has 2 atom stereocenters. The Hall–Kier alpha value is -1.59. The van der Waals surface area contributed by atoms with E-state index in [-0.39, 0.29) is 24.7 Å². The standard InChI is InChI=1S/C20H33N3O2/c1-15(2)19(11-14-24)22-20(25)21-18-9-12-23(13-10-18)16(3)17-7-5-4-6-8-17/h4-8,15-16,18-19,24H,9-14H2,1-3H3,(H2,21,22,25). The molecule has 1 aromatic rings. The number of rotatable bonds is 7. The third-order valence-corrected chi connectivity index (χ3v) is 5.26. The van der Waals surface area contributed by atoms with Crippen LogP contribution in [0.1, 0.15) is 51.6 Å². The van der Waals surface area contributed by atoms with Crippen LogP contribution in [0.15, 0.2) is 30.3 Å². The van der Waals surface area contributed by atoms with Gasteiger partial charge >= 0.3 is 6.03 Å². The molecule has 25 heavy (non-hydrogen) atoms. The summed E-state index contributed by atoms with van der Waals surface area (Å²) < 4.78 is 0. The fraction of sp³-hybridized carbons (Fsp3) is 0.650. The molecule has 2 amide bonds. The second-order valence-corrected chi connectivity index (χ2v) is 7.38. The Labute approximate surface area is 151 Å². The molecule has 1 saturated heterocycles. The van der Waals surface area contributed by atoms with Crippen molar-refractivity contribution in [3.63, 3.8) is 0 Å². The van der Waals surface area contributed by atoms with Gasteiger partial charge in [-0.2, -0.15) is 0 Å². The maximum absolute atomic E-state index is 12.2.